The third kappa shape index (κ3) is 9.17. The average molecular weight is 593 g/mol. The van der Waals surface area contributed by atoms with Crippen molar-refractivity contribution >= 4 is 40.7 Å². The van der Waals surface area contributed by atoms with Gasteiger partial charge in [0.05, 0.1) is 7.11 Å². The summed E-state index contributed by atoms with van der Waals surface area (Å²) in [6.45, 7) is 2.80. The van der Waals surface area contributed by atoms with Crippen LogP contribution in [0.25, 0.3) is 0 Å². The van der Waals surface area contributed by atoms with E-state index in [1.807, 2.05) is 55.5 Å². The highest BCUT2D eigenvalue weighted by Crippen LogP contribution is 2.28. The van der Waals surface area contributed by atoms with Crippen LogP contribution >= 0.6 is 23.2 Å². The third-order valence-electron chi connectivity index (χ3n) is 6.18. The van der Waals surface area contributed by atoms with Crippen molar-refractivity contribution in [1.82, 2.24) is 10.6 Å². The van der Waals surface area contributed by atoms with Gasteiger partial charge in [0.1, 0.15) is 23.3 Å². The first kappa shape index (κ1) is 29.8. The zero-order valence-electron chi connectivity index (χ0n) is 22.7. The van der Waals surface area contributed by atoms with E-state index in [2.05, 4.69) is 16.0 Å². The molecule has 2 amide bonds. The fourth-order valence-electron chi connectivity index (χ4n) is 4.11. The van der Waals surface area contributed by atoms with Gasteiger partial charge in [-0.25, -0.2) is 0 Å². The molecular weight excluding hydrogens is 561 g/mol. The van der Waals surface area contributed by atoms with E-state index < -0.39 is 6.04 Å². The Balaban J connectivity index is 1.40. The highest BCUT2D eigenvalue weighted by Gasteiger charge is 2.22. The Morgan fingerprint density at radius 3 is 2.15 bits per heavy atom. The smallest absolute Gasteiger partial charge is 0.251 e. The number of aryl methyl sites for hydroxylation is 1. The Morgan fingerprint density at radius 1 is 0.805 bits per heavy atom. The fourth-order valence-corrected chi connectivity index (χ4v) is 4.62. The number of rotatable bonds is 12. The van der Waals surface area contributed by atoms with E-state index in [4.69, 9.17) is 32.7 Å². The van der Waals surface area contributed by atoms with E-state index in [0.29, 0.717) is 46.6 Å². The number of hydrogen-bond acceptors (Lipinski definition) is 5. The Bertz CT molecular complexity index is 1460. The lowest BCUT2D eigenvalue weighted by molar-refractivity contribution is -0.122. The van der Waals surface area contributed by atoms with Gasteiger partial charge in [-0.3, -0.25) is 9.59 Å². The van der Waals surface area contributed by atoms with Gasteiger partial charge >= 0.3 is 0 Å². The van der Waals surface area contributed by atoms with E-state index in [1.54, 1.807) is 49.6 Å². The van der Waals surface area contributed by atoms with E-state index >= 15 is 0 Å². The van der Waals surface area contributed by atoms with Gasteiger partial charge in [-0.05, 0) is 79.2 Å². The predicted octanol–water partition coefficient (Wildman–Crippen LogP) is 6.67. The Labute approximate surface area is 249 Å². The summed E-state index contributed by atoms with van der Waals surface area (Å²) >= 11 is 12.1. The summed E-state index contributed by atoms with van der Waals surface area (Å²) in [5.41, 5.74) is 3.21. The van der Waals surface area contributed by atoms with Crippen LogP contribution in [0.5, 0.6) is 17.2 Å². The van der Waals surface area contributed by atoms with Gasteiger partial charge in [0, 0.05) is 40.8 Å². The summed E-state index contributed by atoms with van der Waals surface area (Å²) in [7, 11) is 1.62. The molecule has 1 atom stereocenters. The second-order valence-electron chi connectivity index (χ2n) is 9.40. The highest BCUT2D eigenvalue weighted by molar-refractivity contribution is 6.34. The normalized spacial score (nSPS) is 11.3. The average Bonchev–Trinajstić information content (AvgIpc) is 2.95. The van der Waals surface area contributed by atoms with Crippen molar-refractivity contribution < 1.29 is 19.1 Å². The van der Waals surface area contributed by atoms with Crippen LogP contribution in [0.15, 0.2) is 91.0 Å². The number of benzene rings is 4. The van der Waals surface area contributed by atoms with E-state index in [1.165, 1.54) is 0 Å². The Kier molecular flexibility index (Phi) is 10.5. The largest absolute Gasteiger partial charge is 0.497 e. The van der Waals surface area contributed by atoms with Gasteiger partial charge in [0.25, 0.3) is 5.91 Å². The summed E-state index contributed by atoms with van der Waals surface area (Å²) in [6.07, 6.45) is 0.290. The van der Waals surface area contributed by atoms with E-state index in [-0.39, 0.29) is 11.8 Å². The quantitative estimate of drug-likeness (QED) is 0.160. The van der Waals surface area contributed by atoms with Crippen molar-refractivity contribution in [2.45, 2.75) is 19.4 Å². The molecule has 0 aliphatic rings. The van der Waals surface area contributed by atoms with Crippen LogP contribution < -0.4 is 25.4 Å². The van der Waals surface area contributed by atoms with Crippen molar-refractivity contribution in [2.24, 2.45) is 0 Å². The van der Waals surface area contributed by atoms with Crippen LogP contribution in [0.2, 0.25) is 10.0 Å². The molecule has 0 fully saturated rings. The van der Waals surface area contributed by atoms with Crippen LogP contribution in [0, 0.1) is 6.92 Å². The molecule has 0 saturated heterocycles. The molecule has 3 N–H and O–H groups in total. The maximum absolute atomic E-state index is 13.2. The minimum Gasteiger partial charge on any atom is -0.497 e. The first-order valence-electron chi connectivity index (χ1n) is 13.0. The second-order valence-corrected chi connectivity index (χ2v) is 10.3. The number of methoxy groups -OCH3 is 1. The minimum absolute atomic E-state index is 0.281. The molecule has 9 heteroatoms. The molecule has 0 aliphatic carbocycles. The number of carbonyl (C=O) groups is 2. The zero-order valence-corrected chi connectivity index (χ0v) is 24.3. The molecule has 41 heavy (non-hydrogen) atoms. The molecule has 4 aromatic rings. The molecule has 0 bridgehead atoms. The first-order valence-corrected chi connectivity index (χ1v) is 13.8. The van der Waals surface area contributed by atoms with Crippen molar-refractivity contribution in [3.05, 3.63) is 118 Å². The molecule has 0 heterocycles. The lowest BCUT2D eigenvalue weighted by Gasteiger charge is -2.19. The number of halogens is 2. The number of ether oxygens (including phenoxy) is 2. The lowest BCUT2D eigenvalue weighted by Crippen LogP contribution is -2.48. The number of nitrogens with one attached hydrogen (secondary N) is 3. The standard InChI is InChI=1S/C32H31Cl2N3O4/c1-21-4-3-5-23(16-21)31(38)37-30(32(39)36-15-14-35-26-8-12-27(40-2)13-9-26)17-22-6-10-28(11-7-22)41-29-19-24(33)18-25(34)20-29/h3-13,16,18-20,30,35H,14-15,17H2,1-2H3,(H,36,39)(H,37,38). The highest BCUT2D eigenvalue weighted by atomic mass is 35.5. The topological polar surface area (TPSA) is 88.7 Å². The molecule has 0 spiro atoms. The predicted molar refractivity (Wildman–Crippen MR) is 164 cm³/mol. The minimum atomic E-state index is -0.789. The number of anilines is 1. The molecular formula is C32H31Cl2N3O4. The zero-order chi connectivity index (χ0) is 29.2. The molecule has 0 aromatic heterocycles. The third-order valence-corrected chi connectivity index (χ3v) is 6.62. The molecule has 4 aromatic carbocycles. The van der Waals surface area contributed by atoms with E-state index in [9.17, 15) is 9.59 Å². The second kappa shape index (κ2) is 14.4. The van der Waals surface area contributed by atoms with Crippen LogP contribution in [0.1, 0.15) is 21.5 Å². The molecule has 7 nitrogen and oxygen atoms in total. The number of amides is 2. The SMILES string of the molecule is COc1ccc(NCCNC(=O)C(Cc2ccc(Oc3cc(Cl)cc(Cl)c3)cc2)NC(=O)c2cccc(C)c2)cc1. The van der Waals surface area contributed by atoms with Gasteiger partial charge in [0.2, 0.25) is 5.91 Å². The van der Waals surface area contributed by atoms with Crippen LogP contribution in [0.4, 0.5) is 5.69 Å². The monoisotopic (exact) mass is 591 g/mol. The van der Waals surface area contributed by atoms with Gasteiger partial charge in [-0.1, -0.05) is 53.0 Å². The summed E-state index contributed by atoms with van der Waals surface area (Å²) < 4.78 is 11.0. The maximum atomic E-state index is 13.2. The van der Waals surface area contributed by atoms with Crippen molar-refractivity contribution in [1.29, 1.82) is 0 Å². The Morgan fingerprint density at radius 2 is 1.49 bits per heavy atom. The summed E-state index contributed by atoms with van der Waals surface area (Å²) in [6, 6.07) is 26.2. The fraction of sp³-hybridized carbons (Fsp3) is 0.188. The van der Waals surface area contributed by atoms with Crippen LogP contribution in [-0.4, -0.2) is 38.1 Å². The van der Waals surface area contributed by atoms with Crippen molar-refractivity contribution in [3.8, 4) is 17.2 Å². The molecule has 0 radical (unpaired) electrons. The van der Waals surface area contributed by atoms with Gasteiger partial charge < -0.3 is 25.4 Å². The number of hydrogen-bond donors (Lipinski definition) is 3. The van der Waals surface area contributed by atoms with Crippen molar-refractivity contribution in [2.75, 3.05) is 25.5 Å². The van der Waals surface area contributed by atoms with Crippen LogP contribution in [-0.2, 0) is 11.2 Å². The van der Waals surface area contributed by atoms with Crippen LogP contribution in [0.3, 0.4) is 0 Å². The van der Waals surface area contributed by atoms with Gasteiger partial charge in [-0.2, -0.15) is 0 Å². The first-order chi connectivity index (χ1) is 19.8. The summed E-state index contributed by atoms with van der Waals surface area (Å²) in [5.74, 6) is 1.27. The molecule has 1 unspecified atom stereocenters. The maximum Gasteiger partial charge on any atom is 0.251 e. The molecule has 4 rings (SSSR count). The Hall–Kier alpha value is -4.20. The molecule has 212 valence electrons. The lowest BCUT2D eigenvalue weighted by atomic mass is 10.0. The number of carbonyl (C=O) groups excluding carboxylic acids is 2. The summed E-state index contributed by atoms with van der Waals surface area (Å²) in [4.78, 5) is 26.3. The summed E-state index contributed by atoms with van der Waals surface area (Å²) in [5, 5.41) is 10.0. The van der Waals surface area contributed by atoms with Crippen molar-refractivity contribution in [3.63, 3.8) is 0 Å². The van der Waals surface area contributed by atoms with Gasteiger partial charge in [-0.15, -0.1) is 0 Å². The molecule has 0 saturated carbocycles. The van der Waals surface area contributed by atoms with Gasteiger partial charge in [0.15, 0.2) is 0 Å². The molecule has 0 aliphatic heterocycles. The van der Waals surface area contributed by atoms with E-state index in [0.717, 1.165) is 22.6 Å².